The maximum Gasteiger partial charge on any atom is 0.163 e. The fourth-order valence-corrected chi connectivity index (χ4v) is 3.71. The fraction of sp³-hybridized carbons (Fsp3) is 0.375. The molecule has 1 saturated heterocycles. The zero-order chi connectivity index (χ0) is 21.6. The molecule has 9 heteroatoms. The van der Waals surface area contributed by atoms with E-state index in [0.717, 1.165) is 61.4 Å². The Kier molecular flexibility index (Phi) is 10.1. The van der Waals surface area contributed by atoms with Crippen LogP contribution >= 0.6 is 12.4 Å². The Bertz CT molecular complexity index is 1050. The molecule has 3 aromatic rings. The minimum absolute atomic E-state index is 0. The van der Waals surface area contributed by atoms with E-state index >= 15 is 0 Å². The number of rotatable bonds is 8. The molecule has 1 aliphatic heterocycles. The first-order valence-electron chi connectivity index (χ1n) is 10.6. The topological polar surface area (TPSA) is 87.3 Å². The number of nitrogens with one attached hydrogen (secondary N) is 1. The lowest BCUT2D eigenvalue weighted by Gasteiger charge is -2.26. The van der Waals surface area contributed by atoms with Crippen molar-refractivity contribution in [3.05, 3.63) is 54.0 Å². The SMILES string of the molecule is COc1cc2c(Nc3cc(C)ccc3F)ccnc2cc1OCCCN1CCOCC1.Cl.O. The Balaban J connectivity index is 0.00000193. The van der Waals surface area contributed by atoms with Crippen LogP contribution in [-0.2, 0) is 4.74 Å². The molecule has 0 spiro atoms. The number of methoxy groups -OCH3 is 1. The molecular weight excluding hydrogens is 449 g/mol. The van der Waals surface area contributed by atoms with Gasteiger partial charge in [-0.2, -0.15) is 0 Å². The summed E-state index contributed by atoms with van der Waals surface area (Å²) in [5, 5.41) is 4.02. The number of nitrogens with zero attached hydrogens (tertiary/aromatic N) is 2. The fourth-order valence-electron chi connectivity index (χ4n) is 3.71. The van der Waals surface area contributed by atoms with E-state index in [9.17, 15) is 4.39 Å². The van der Waals surface area contributed by atoms with Crippen molar-refractivity contribution in [1.29, 1.82) is 0 Å². The van der Waals surface area contributed by atoms with Gasteiger partial charge in [-0.3, -0.25) is 9.88 Å². The van der Waals surface area contributed by atoms with E-state index in [1.807, 2.05) is 25.1 Å². The van der Waals surface area contributed by atoms with Gasteiger partial charge >= 0.3 is 0 Å². The van der Waals surface area contributed by atoms with Crippen LogP contribution in [0.2, 0.25) is 0 Å². The second-order valence-corrected chi connectivity index (χ2v) is 7.64. The molecule has 0 bridgehead atoms. The van der Waals surface area contributed by atoms with Crippen molar-refractivity contribution < 1.29 is 24.1 Å². The third-order valence-electron chi connectivity index (χ3n) is 5.40. The number of morpholine rings is 1. The smallest absolute Gasteiger partial charge is 0.163 e. The van der Waals surface area contributed by atoms with Crippen molar-refractivity contribution in [3.63, 3.8) is 0 Å². The number of aromatic nitrogens is 1. The van der Waals surface area contributed by atoms with Gasteiger partial charge in [-0.05, 0) is 43.2 Å². The highest BCUT2D eigenvalue weighted by Gasteiger charge is 2.13. The first kappa shape index (κ1) is 26.6. The predicted octanol–water partition coefficient (Wildman–Crippen LogP) is 4.13. The molecule has 0 unspecified atom stereocenters. The number of halogens is 2. The van der Waals surface area contributed by atoms with Gasteiger partial charge in [0.1, 0.15) is 5.82 Å². The van der Waals surface area contributed by atoms with Gasteiger partial charge in [-0.25, -0.2) is 4.39 Å². The summed E-state index contributed by atoms with van der Waals surface area (Å²) in [5.74, 6) is 0.978. The predicted molar refractivity (Wildman–Crippen MR) is 131 cm³/mol. The number of hydrogen-bond acceptors (Lipinski definition) is 6. The average Bonchev–Trinajstić information content (AvgIpc) is 2.79. The minimum Gasteiger partial charge on any atom is -0.493 e. The van der Waals surface area contributed by atoms with E-state index < -0.39 is 0 Å². The zero-order valence-electron chi connectivity index (χ0n) is 18.9. The van der Waals surface area contributed by atoms with Crippen LogP contribution in [0.5, 0.6) is 11.5 Å². The lowest BCUT2D eigenvalue weighted by atomic mass is 10.1. The van der Waals surface area contributed by atoms with E-state index in [1.54, 1.807) is 25.4 Å². The van der Waals surface area contributed by atoms with Gasteiger partial charge in [0.2, 0.25) is 0 Å². The second kappa shape index (κ2) is 12.6. The lowest BCUT2D eigenvalue weighted by Crippen LogP contribution is -2.37. The standard InChI is InChI=1S/C24H28FN3O3.ClH.H2O/c1-17-4-5-19(25)22(14-17)27-20-6-7-26-21-16-24(23(29-2)15-18(20)21)31-11-3-8-28-9-12-30-13-10-28;;/h4-7,14-16H,3,8-13H2,1-2H3,(H,26,27);1H;1H2. The molecule has 1 aliphatic rings. The molecule has 1 aromatic heterocycles. The Morgan fingerprint density at radius 1 is 1.09 bits per heavy atom. The van der Waals surface area contributed by atoms with E-state index in [4.69, 9.17) is 14.2 Å². The molecule has 0 amide bonds. The number of fused-ring (bicyclic) bond motifs is 1. The summed E-state index contributed by atoms with van der Waals surface area (Å²) in [5.41, 5.74) is 2.91. The molecular formula is C24H31ClFN3O4. The van der Waals surface area contributed by atoms with E-state index in [-0.39, 0.29) is 23.7 Å². The molecule has 2 heterocycles. The van der Waals surface area contributed by atoms with E-state index in [1.165, 1.54) is 6.07 Å². The minimum atomic E-state index is -0.303. The molecule has 4 rings (SSSR count). The highest BCUT2D eigenvalue weighted by atomic mass is 35.5. The van der Waals surface area contributed by atoms with Gasteiger partial charge in [0.05, 0.1) is 38.1 Å². The van der Waals surface area contributed by atoms with E-state index in [0.29, 0.717) is 23.8 Å². The van der Waals surface area contributed by atoms with Gasteiger partial charge in [0.25, 0.3) is 0 Å². The van der Waals surface area contributed by atoms with Crippen molar-refractivity contribution in [2.24, 2.45) is 0 Å². The third-order valence-corrected chi connectivity index (χ3v) is 5.40. The van der Waals surface area contributed by atoms with Gasteiger partial charge in [0.15, 0.2) is 11.5 Å². The van der Waals surface area contributed by atoms with Crippen LogP contribution in [0, 0.1) is 12.7 Å². The summed E-state index contributed by atoms with van der Waals surface area (Å²) in [6.07, 6.45) is 2.62. The summed E-state index contributed by atoms with van der Waals surface area (Å²) >= 11 is 0. The molecule has 1 fully saturated rings. The van der Waals surface area contributed by atoms with Crippen LogP contribution in [0.3, 0.4) is 0 Å². The lowest BCUT2D eigenvalue weighted by molar-refractivity contribution is 0.0357. The van der Waals surface area contributed by atoms with Crippen molar-refractivity contribution in [2.45, 2.75) is 13.3 Å². The van der Waals surface area contributed by atoms with Crippen molar-refractivity contribution in [2.75, 3.05) is 51.9 Å². The Morgan fingerprint density at radius 3 is 2.64 bits per heavy atom. The van der Waals surface area contributed by atoms with Gasteiger partial charge in [-0.15, -0.1) is 12.4 Å². The molecule has 0 aliphatic carbocycles. The Morgan fingerprint density at radius 2 is 1.88 bits per heavy atom. The van der Waals surface area contributed by atoms with Gasteiger partial charge in [-0.1, -0.05) is 6.07 Å². The van der Waals surface area contributed by atoms with Crippen LogP contribution in [0.4, 0.5) is 15.8 Å². The number of ether oxygens (including phenoxy) is 3. The molecule has 33 heavy (non-hydrogen) atoms. The Hall–Kier alpha value is -2.65. The average molecular weight is 480 g/mol. The monoisotopic (exact) mass is 479 g/mol. The van der Waals surface area contributed by atoms with E-state index in [2.05, 4.69) is 15.2 Å². The molecule has 0 radical (unpaired) electrons. The maximum atomic E-state index is 14.2. The highest BCUT2D eigenvalue weighted by molar-refractivity contribution is 5.95. The third kappa shape index (κ3) is 6.68. The summed E-state index contributed by atoms with van der Waals surface area (Å²) in [6, 6.07) is 10.6. The van der Waals surface area contributed by atoms with Gasteiger partial charge in [0, 0.05) is 43.0 Å². The molecule has 180 valence electrons. The van der Waals surface area contributed by atoms with Crippen molar-refractivity contribution in [3.8, 4) is 11.5 Å². The maximum absolute atomic E-state index is 14.2. The zero-order valence-corrected chi connectivity index (χ0v) is 19.7. The van der Waals surface area contributed by atoms with Crippen molar-refractivity contribution >= 4 is 34.7 Å². The van der Waals surface area contributed by atoms with Crippen LogP contribution in [0.25, 0.3) is 10.9 Å². The Labute approximate surface area is 199 Å². The quantitative estimate of drug-likeness (QED) is 0.489. The highest BCUT2D eigenvalue weighted by Crippen LogP contribution is 2.36. The number of benzene rings is 2. The summed E-state index contributed by atoms with van der Waals surface area (Å²) in [4.78, 5) is 6.85. The van der Waals surface area contributed by atoms with Crippen LogP contribution < -0.4 is 14.8 Å². The van der Waals surface area contributed by atoms with Crippen LogP contribution in [-0.4, -0.2) is 61.9 Å². The number of aryl methyl sites for hydroxylation is 1. The summed E-state index contributed by atoms with van der Waals surface area (Å²) in [6.45, 7) is 7.04. The van der Waals surface area contributed by atoms with Crippen molar-refractivity contribution in [1.82, 2.24) is 9.88 Å². The number of hydrogen-bond donors (Lipinski definition) is 1. The molecule has 7 nitrogen and oxygen atoms in total. The molecule has 0 saturated carbocycles. The first-order valence-corrected chi connectivity index (χ1v) is 10.6. The number of anilines is 2. The largest absolute Gasteiger partial charge is 0.493 e. The van der Waals surface area contributed by atoms with Crippen LogP contribution in [0.15, 0.2) is 42.6 Å². The normalized spacial score (nSPS) is 13.7. The molecule has 3 N–H and O–H groups in total. The molecule has 2 aromatic carbocycles. The van der Waals surface area contributed by atoms with Crippen LogP contribution in [0.1, 0.15) is 12.0 Å². The second-order valence-electron chi connectivity index (χ2n) is 7.64. The van der Waals surface area contributed by atoms with Gasteiger partial charge < -0.3 is 25.0 Å². The number of pyridine rings is 1. The summed E-state index contributed by atoms with van der Waals surface area (Å²) in [7, 11) is 1.62. The molecule has 0 atom stereocenters. The first-order chi connectivity index (χ1) is 15.1. The summed E-state index contributed by atoms with van der Waals surface area (Å²) < 4.78 is 31.2.